The van der Waals surface area contributed by atoms with Gasteiger partial charge in [0.1, 0.15) is 12.3 Å². The molecule has 0 fully saturated rings. The van der Waals surface area contributed by atoms with Crippen molar-refractivity contribution in [2.24, 2.45) is 0 Å². The zero-order valence-corrected chi connectivity index (χ0v) is 16.3. The maximum absolute atomic E-state index is 12.3. The highest BCUT2D eigenvalue weighted by atomic mass is 16.5. The van der Waals surface area contributed by atoms with Crippen LogP contribution in [0.2, 0.25) is 0 Å². The van der Waals surface area contributed by atoms with E-state index < -0.39 is 0 Å². The van der Waals surface area contributed by atoms with Crippen LogP contribution in [0.15, 0.2) is 48.5 Å². The van der Waals surface area contributed by atoms with Crippen LogP contribution in [0, 0.1) is 0 Å². The topological polar surface area (TPSA) is 87.7 Å². The Morgan fingerprint density at radius 2 is 1.79 bits per heavy atom. The Balaban J connectivity index is 1.95. The van der Waals surface area contributed by atoms with Crippen LogP contribution in [-0.4, -0.2) is 37.9 Å². The third kappa shape index (κ3) is 6.42. The molecule has 2 aromatic carbocycles. The molecule has 0 saturated carbocycles. The molecule has 2 aromatic rings. The smallest absolute Gasteiger partial charge is 0.240 e. The minimum atomic E-state index is -0.261. The van der Waals surface area contributed by atoms with E-state index in [-0.39, 0.29) is 24.3 Å². The van der Waals surface area contributed by atoms with Gasteiger partial charge in [-0.05, 0) is 42.3 Å². The van der Waals surface area contributed by atoms with Crippen LogP contribution in [0.4, 0.5) is 11.4 Å². The highest BCUT2D eigenvalue weighted by Gasteiger charge is 2.16. The SMILES string of the molecule is COc1cccc(CCNC(=O)CN(C(C)=O)c2cccc(NC(C)=O)c2)c1. The van der Waals surface area contributed by atoms with Crippen molar-refractivity contribution < 1.29 is 19.1 Å². The highest BCUT2D eigenvalue weighted by molar-refractivity contribution is 5.98. The number of methoxy groups -OCH3 is 1. The van der Waals surface area contributed by atoms with Crippen molar-refractivity contribution in [2.45, 2.75) is 20.3 Å². The quantitative estimate of drug-likeness (QED) is 0.733. The van der Waals surface area contributed by atoms with Crippen molar-refractivity contribution in [2.75, 3.05) is 30.4 Å². The highest BCUT2D eigenvalue weighted by Crippen LogP contribution is 2.19. The Kier molecular flexibility index (Phi) is 7.56. The Morgan fingerprint density at radius 1 is 1.04 bits per heavy atom. The molecule has 0 unspecified atom stereocenters. The van der Waals surface area contributed by atoms with Gasteiger partial charge in [0, 0.05) is 31.8 Å². The van der Waals surface area contributed by atoms with E-state index in [1.807, 2.05) is 24.3 Å². The van der Waals surface area contributed by atoms with E-state index in [2.05, 4.69) is 10.6 Å². The molecule has 148 valence electrons. The third-order valence-corrected chi connectivity index (χ3v) is 4.03. The largest absolute Gasteiger partial charge is 0.497 e. The summed E-state index contributed by atoms with van der Waals surface area (Å²) < 4.78 is 5.19. The van der Waals surface area contributed by atoms with Crippen molar-refractivity contribution in [1.29, 1.82) is 0 Å². The van der Waals surface area contributed by atoms with Gasteiger partial charge in [-0.3, -0.25) is 14.4 Å². The predicted octanol–water partition coefficient (Wildman–Crippen LogP) is 2.37. The predicted molar refractivity (Wildman–Crippen MR) is 108 cm³/mol. The summed E-state index contributed by atoms with van der Waals surface area (Å²) >= 11 is 0. The minimum absolute atomic E-state index is 0.100. The number of hydrogen-bond donors (Lipinski definition) is 2. The lowest BCUT2D eigenvalue weighted by Gasteiger charge is -2.21. The van der Waals surface area contributed by atoms with Gasteiger partial charge in [-0.25, -0.2) is 0 Å². The van der Waals surface area contributed by atoms with Gasteiger partial charge in [0.15, 0.2) is 0 Å². The van der Waals surface area contributed by atoms with E-state index in [0.717, 1.165) is 11.3 Å². The first-order chi connectivity index (χ1) is 13.4. The number of ether oxygens (including phenoxy) is 1. The van der Waals surface area contributed by atoms with E-state index in [4.69, 9.17) is 4.74 Å². The van der Waals surface area contributed by atoms with Crippen LogP contribution in [0.1, 0.15) is 19.4 Å². The van der Waals surface area contributed by atoms with Gasteiger partial charge in [0.05, 0.1) is 7.11 Å². The fraction of sp³-hybridized carbons (Fsp3) is 0.286. The monoisotopic (exact) mass is 383 g/mol. The van der Waals surface area contributed by atoms with Gasteiger partial charge in [0.2, 0.25) is 17.7 Å². The number of hydrogen-bond acceptors (Lipinski definition) is 4. The number of amides is 3. The van der Waals surface area contributed by atoms with Crippen molar-refractivity contribution in [1.82, 2.24) is 5.32 Å². The molecule has 0 aliphatic heterocycles. The summed E-state index contributed by atoms with van der Waals surface area (Å²) in [7, 11) is 1.61. The standard InChI is InChI=1S/C21H25N3O4/c1-15(25)23-18-7-5-8-19(13-18)24(16(2)26)14-21(27)22-11-10-17-6-4-9-20(12-17)28-3/h4-9,12-13H,10-11,14H2,1-3H3,(H,22,27)(H,23,25). The maximum Gasteiger partial charge on any atom is 0.240 e. The molecule has 0 aromatic heterocycles. The van der Waals surface area contributed by atoms with Crippen LogP contribution in [0.3, 0.4) is 0 Å². The molecule has 2 rings (SSSR count). The zero-order valence-electron chi connectivity index (χ0n) is 16.3. The summed E-state index contributed by atoms with van der Waals surface area (Å²) in [5.41, 5.74) is 2.16. The molecule has 28 heavy (non-hydrogen) atoms. The van der Waals surface area contributed by atoms with Crippen LogP contribution >= 0.6 is 0 Å². The van der Waals surface area contributed by atoms with Gasteiger partial charge < -0.3 is 20.3 Å². The second-order valence-corrected chi connectivity index (χ2v) is 6.29. The maximum atomic E-state index is 12.3. The average Bonchev–Trinajstić information content (AvgIpc) is 2.65. The van der Waals surface area contributed by atoms with Gasteiger partial charge >= 0.3 is 0 Å². The van der Waals surface area contributed by atoms with Crippen molar-refractivity contribution in [3.05, 3.63) is 54.1 Å². The molecule has 0 bridgehead atoms. The van der Waals surface area contributed by atoms with Crippen LogP contribution in [0.5, 0.6) is 5.75 Å². The van der Waals surface area contributed by atoms with E-state index >= 15 is 0 Å². The number of benzene rings is 2. The van der Waals surface area contributed by atoms with Gasteiger partial charge in [0.25, 0.3) is 0 Å². The summed E-state index contributed by atoms with van der Waals surface area (Å²) in [5.74, 6) is 0.0402. The van der Waals surface area contributed by atoms with Gasteiger partial charge in [-0.2, -0.15) is 0 Å². The molecule has 0 atom stereocenters. The lowest BCUT2D eigenvalue weighted by Crippen LogP contribution is -2.40. The molecule has 2 N–H and O–H groups in total. The van der Waals surface area contributed by atoms with E-state index in [1.54, 1.807) is 31.4 Å². The number of nitrogens with zero attached hydrogens (tertiary/aromatic N) is 1. The van der Waals surface area contributed by atoms with Crippen molar-refractivity contribution >= 4 is 29.1 Å². The molecular weight excluding hydrogens is 358 g/mol. The van der Waals surface area contributed by atoms with Crippen molar-refractivity contribution in [3.63, 3.8) is 0 Å². The first-order valence-corrected chi connectivity index (χ1v) is 8.94. The zero-order chi connectivity index (χ0) is 20.5. The molecule has 7 heteroatoms. The van der Waals surface area contributed by atoms with E-state index in [0.29, 0.717) is 24.3 Å². The molecule has 0 heterocycles. The summed E-state index contributed by atoms with van der Waals surface area (Å²) in [6.07, 6.45) is 0.654. The second kappa shape index (κ2) is 10.1. The Hall–Kier alpha value is -3.35. The first-order valence-electron chi connectivity index (χ1n) is 8.94. The molecule has 0 aliphatic carbocycles. The molecule has 3 amide bonds. The number of anilines is 2. The van der Waals surface area contributed by atoms with Gasteiger partial charge in [-0.1, -0.05) is 18.2 Å². The minimum Gasteiger partial charge on any atom is -0.497 e. The average molecular weight is 383 g/mol. The number of nitrogens with one attached hydrogen (secondary N) is 2. The molecule has 0 aliphatic rings. The lowest BCUT2D eigenvalue weighted by atomic mass is 10.1. The molecule has 7 nitrogen and oxygen atoms in total. The number of carbonyl (C=O) groups is 3. The second-order valence-electron chi connectivity index (χ2n) is 6.29. The Morgan fingerprint density at radius 3 is 2.46 bits per heavy atom. The van der Waals surface area contributed by atoms with Crippen LogP contribution < -0.4 is 20.3 Å². The molecule has 0 saturated heterocycles. The third-order valence-electron chi connectivity index (χ3n) is 4.03. The first kappa shape index (κ1) is 21.0. The summed E-state index contributed by atoms with van der Waals surface area (Å²) in [6, 6.07) is 14.5. The summed E-state index contributed by atoms with van der Waals surface area (Å²) in [5, 5.41) is 5.49. The Labute approximate surface area is 164 Å². The Bertz CT molecular complexity index is 851. The molecule has 0 radical (unpaired) electrons. The van der Waals surface area contributed by atoms with E-state index in [1.165, 1.54) is 18.7 Å². The summed E-state index contributed by atoms with van der Waals surface area (Å²) in [6.45, 7) is 3.15. The van der Waals surface area contributed by atoms with Crippen molar-refractivity contribution in [3.8, 4) is 5.75 Å². The van der Waals surface area contributed by atoms with Gasteiger partial charge in [-0.15, -0.1) is 0 Å². The normalized spacial score (nSPS) is 10.1. The van der Waals surface area contributed by atoms with Crippen LogP contribution in [-0.2, 0) is 20.8 Å². The lowest BCUT2D eigenvalue weighted by molar-refractivity contribution is -0.123. The summed E-state index contributed by atoms with van der Waals surface area (Å²) in [4.78, 5) is 36.9. The van der Waals surface area contributed by atoms with Crippen LogP contribution in [0.25, 0.3) is 0 Å². The fourth-order valence-corrected chi connectivity index (χ4v) is 2.71. The molecule has 0 spiro atoms. The number of rotatable bonds is 8. The molecular formula is C21H25N3O4. The number of carbonyl (C=O) groups excluding carboxylic acids is 3. The van der Waals surface area contributed by atoms with E-state index in [9.17, 15) is 14.4 Å². The fourth-order valence-electron chi connectivity index (χ4n) is 2.71.